The van der Waals surface area contributed by atoms with Crippen molar-refractivity contribution in [3.8, 4) is 0 Å². The first-order valence-electron chi connectivity index (χ1n) is 7.38. The molecule has 0 radical (unpaired) electrons. The van der Waals surface area contributed by atoms with Gasteiger partial charge < -0.3 is 9.84 Å². The predicted octanol–water partition coefficient (Wildman–Crippen LogP) is 4.15. The van der Waals surface area contributed by atoms with Gasteiger partial charge in [-0.3, -0.25) is 4.72 Å². The van der Waals surface area contributed by atoms with Gasteiger partial charge in [0.2, 0.25) is 0 Å². The highest BCUT2D eigenvalue weighted by atomic mass is 32.2. The van der Waals surface area contributed by atoms with Crippen molar-refractivity contribution in [2.45, 2.75) is 24.5 Å². The van der Waals surface area contributed by atoms with E-state index >= 15 is 0 Å². The molecular weight excluding hydrogens is 346 g/mol. The number of aryl methyl sites for hydroxylation is 2. The topological polar surface area (TPSA) is 84.2 Å². The third-order valence-corrected chi connectivity index (χ3v) is 6.39. The van der Waals surface area contributed by atoms with Crippen LogP contribution in [0.5, 0.6) is 0 Å². The number of hydrogen-bond acceptors (Lipinski definition) is 6. The normalized spacial score (nSPS) is 11.4. The number of benzene rings is 1. The molecule has 2 heterocycles. The largest absolute Gasteiger partial charge is 0.360 e. The summed E-state index contributed by atoms with van der Waals surface area (Å²) in [6.07, 6.45) is 0.822. The fraction of sp³-hybridized carbons (Fsp3) is 0.188. The third kappa shape index (κ3) is 3.77. The number of thiophene rings is 1. The fourth-order valence-electron chi connectivity index (χ4n) is 2.09. The van der Waals surface area contributed by atoms with Gasteiger partial charge in [-0.15, -0.1) is 11.3 Å². The van der Waals surface area contributed by atoms with E-state index in [-0.39, 0.29) is 0 Å². The molecule has 0 unspecified atom stereocenters. The van der Waals surface area contributed by atoms with Crippen LogP contribution in [0.25, 0.3) is 0 Å². The van der Waals surface area contributed by atoms with Crippen molar-refractivity contribution in [1.82, 2.24) is 5.16 Å². The minimum atomic E-state index is -3.55. The Balaban J connectivity index is 1.71. The van der Waals surface area contributed by atoms with E-state index in [9.17, 15) is 8.42 Å². The van der Waals surface area contributed by atoms with Gasteiger partial charge in [-0.25, -0.2) is 8.42 Å². The van der Waals surface area contributed by atoms with Gasteiger partial charge >= 0.3 is 0 Å². The Kier molecular flexibility index (Phi) is 4.59. The first-order valence-corrected chi connectivity index (χ1v) is 9.68. The van der Waals surface area contributed by atoms with Crippen molar-refractivity contribution in [2.75, 3.05) is 10.0 Å². The Morgan fingerprint density at radius 3 is 2.42 bits per heavy atom. The number of aromatic nitrogens is 1. The Labute approximate surface area is 144 Å². The number of rotatable bonds is 6. The van der Waals surface area contributed by atoms with E-state index in [4.69, 9.17) is 4.52 Å². The molecule has 0 saturated carbocycles. The maximum atomic E-state index is 12.4. The van der Waals surface area contributed by atoms with Gasteiger partial charge in [0.25, 0.3) is 10.0 Å². The molecule has 2 N–H and O–H groups in total. The summed E-state index contributed by atoms with van der Waals surface area (Å²) in [7, 11) is -3.55. The third-order valence-electron chi connectivity index (χ3n) is 3.29. The summed E-state index contributed by atoms with van der Waals surface area (Å²) in [6, 6.07) is 12.2. The van der Waals surface area contributed by atoms with Gasteiger partial charge in [0, 0.05) is 22.3 Å². The molecule has 0 saturated heterocycles. The summed E-state index contributed by atoms with van der Waals surface area (Å²) in [5.74, 6) is 1.32. The van der Waals surface area contributed by atoms with E-state index in [1.807, 2.05) is 19.9 Å². The number of nitrogens with one attached hydrogen (secondary N) is 2. The Hall–Kier alpha value is -2.32. The van der Waals surface area contributed by atoms with E-state index in [0.717, 1.165) is 17.0 Å². The lowest BCUT2D eigenvalue weighted by Crippen LogP contribution is -2.11. The number of sulfonamides is 1. The molecule has 0 amide bonds. The zero-order valence-corrected chi connectivity index (χ0v) is 14.9. The molecule has 1 aromatic carbocycles. The highest BCUT2D eigenvalue weighted by Crippen LogP contribution is 2.25. The Bertz CT molecular complexity index is 928. The van der Waals surface area contributed by atoms with Crippen LogP contribution in [-0.4, -0.2) is 13.6 Å². The zero-order chi connectivity index (χ0) is 17.2. The first kappa shape index (κ1) is 16.5. The molecule has 3 rings (SSSR count). The highest BCUT2D eigenvalue weighted by molar-refractivity contribution is 7.94. The highest BCUT2D eigenvalue weighted by Gasteiger charge is 2.16. The van der Waals surface area contributed by atoms with E-state index in [0.29, 0.717) is 21.5 Å². The molecule has 126 valence electrons. The van der Waals surface area contributed by atoms with Crippen LogP contribution in [0.1, 0.15) is 17.6 Å². The summed E-state index contributed by atoms with van der Waals surface area (Å²) >= 11 is 1.28. The summed E-state index contributed by atoms with van der Waals surface area (Å²) in [4.78, 5) is 1.04. The number of hydrogen-bond donors (Lipinski definition) is 2. The summed E-state index contributed by atoms with van der Waals surface area (Å²) in [5.41, 5.74) is 1.29. The van der Waals surface area contributed by atoms with Crippen molar-refractivity contribution in [3.63, 3.8) is 0 Å². The number of nitrogens with zero attached hydrogens (tertiary/aromatic N) is 1. The summed E-state index contributed by atoms with van der Waals surface area (Å²) < 4.78 is 32.6. The SMILES string of the molecule is CCc1ccc(S(=O)(=O)Nc2ccc(Nc3cc(C)on3)cc2)s1. The molecule has 8 heteroatoms. The van der Waals surface area contributed by atoms with Gasteiger partial charge in [-0.05, 0) is 49.7 Å². The Morgan fingerprint density at radius 1 is 1.12 bits per heavy atom. The van der Waals surface area contributed by atoms with E-state index in [2.05, 4.69) is 15.2 Å². The zero-order valence-electron chi connectivity index (χ0n) is 13.2. The first-order chi connectivity index (χ1) is 11.5. The van der Waals surface area contributed by atoms with Crippen molar-refractivity contribution < 1.29 is 12.9 Å². The molecule has 3 aromatic rings. The lowest BCUT2D eigenvalue weighted by atomic mass is 10.3. The standard InChI is InChI=1S/C16H17N3O3S2/c1-3-14-8-9-16(23-14)24(20,21)19-13-6-4-12(5-7-13)17-15-10-11(2)22-18-15/h4-10,19H,3H2,1-2H3,(H,17,18). The van der Waals surface area contributed by atoms with Crippen LogP contribution in [-0.2, 0) is 16.4 Å². The lowest BCUT2D eigenvalue weighted by Gasteiger charge is -2.07. The summed E-state index contributed by atoms with van der Waals surface area (Å²) in [5, 5.41) is 6.92. The van der Waals surface area contributed by atoms with E-state index in [1.165, 1.54) is 11.3 Å². The minimum absolute atomic E-state index is 0.319. The molecule has 24 heavy (non-hydrogen) atoms. The molecule has 0 fully saturated rings. The molecule has 0 aliphatic heterocycles. The van der Waals surface area contributed by atoms with Crippen LogP contribution in [0.4, 0.5) is 17.2 Å². The van der Waals surface area contributed by atoms with Crippen molar-refractivity contribution >= 4 is 38.6 Å². The van der Waals surface area contributed by atoms with Crippen LogP contribution in [0, 0.1) is 6.92 Å². The molecular formula is C16H17N3O3S2. The van der Waals surface area contributed by atoms with Crippen LogP contribution < -0.4 is 10.0 Å². The van der Waals surface area contributed by atoms with Crippen molar-refractivity contribution in [3.05, 3.63) is 53.1 Å². The van der Waals surface area contributed by atoms with Gasteiger partial charge in [0.05, 0.1) is 0 Å². The maximum absolute atomic E-state index is 12.4. The van der Waals surface area contributed by atoms with Gasteiger partial charge in [0.15, 0.2) is 5.82 Å². The molecule has 0 atom stereocenters. The second-order valence-corrected chi connectivity index (χ2v) is 8.28. The second-order valence-electron chi connectivity index (χ2n) is 5.20. The Morgan fingerprint density at radius 2 is 1.83 bits per heavy atom. The smallest absolute Gasteiger partial charge is 0.271 e. The molecule has 0 bridgehead atoms. The van der Waals surface area contributed by atoms with Crippen molar-refractivity contribution in [2.24, 2.45) is 0 Å². The molecule has 6 nitrogen and oxygen atoms in total. The molecule has 2 aromatic heterocycles. The molecule has 0 spiro atoms. The van der Waals surface area contributed by atoms with Crippen molar-refractivity contribution in [1.29, 1.82) is 0 Å². The van der Waals surface area contributed by atoms with Crippen LogP contribution in [0.2, 0.25) is 0 Å². The van der Waals surface area contributed by atoms with Crippen LogP contribution in [0.3, 0.4) is 0 Å². The van der Waals surface area contributed by atoms with E-state index < -0.39 is 10.0 Å². The fourth-order valence-corrected chi connectivity index (χ4v) is 4.45. The average Bonchev–Trinajstić information content (AvgIpc) is 3.18. The van der Waals surface area contributed by atoms with Gasteiger partial charge in [0.1, 0.15) is 9.97 Å². The minimum Gasteiger partial charge on any atom is -0.360 e. The molecule has 0 aliphatic rings. The lowest BCUT2D eigenvalue weighted by molar-refractivity contribution is 0.400. The monoisotopic (exact) mass is 363 g/mol. The van der Waals surface area contributed by atoms with Crippen LogP contribution >= 0.6 is 11.3 Å². The predicted molar refractivity (Wildman–Crippen MR) is 95.5 cm³/mol. The molecule has 0 aliphatic carbocycles. The maximum Gasteiger partial charge on any atom is 0.271 e. The quantitative estimate of drug-likeness (QED) is 0.687. The van der Waals surface area contributed by atoms with Gasteiger partial charge in [-0.1, -0.05) is 12.1 Å². The van der Waals surface area contributed by atoms with Crippen LogP contribution in [0.15, 0.2) is 51.2 Å². The van der Waals surface area contributed by atoms with E-state index in [1.54, 1.807) is 36.4 Å². The summed E-state index contributed by atoms with van der Waals surface area (Å²) in [6.45, 7) is 3.81. The van der Waals surface area contributed by atoms with Gasteiger partial charge in [-0.2, -0.15) is 0 Å². The average molecular weight is 363 g/mol. The second kappa shape index (κ2) is 6.66. The number of anilines is 3.